The summed E-state index contributed by atoms with van der Waals surface area (Å²) in [6.07, 6.45) is 1.05. The minimum Gasteiger partial charge on any atom is -0.353 e. The molecule has 1 saturated heterocycles. The smallest absolute Gasteiger partial charge is 0.163 e. The van der Waals surface area contributed by atoms with E-state index in [1.807, 2.05) is 6.07 Å². The first-order valence-corrected chi connectivity index (χ1v) is 9.93. The van der Waals surface area contributed by atoms with Gasteiger partial charge in [-0.25, -0.2) is 9.97 Å². The van der Waals surface area contributed by atoms with Gasteiger partial charge in [-0.1, -0.05) is 44.2 Å². The molecule has 0 saturated carbocycles. The van der Waals surface area contributed by atoms with Crippen molar-refractivity contribution >= 4 is 27.4 Å². The zero-order valence-corrected chi connectivity index (χ0v) is 15.7. The van der Waals surface area contributed by atoms with Crippen LogP contribution in [0.25, 0.3) is 21.6 Å². The number of fused-ring (bicyclic) bond motifs is 1. The second-order valence-electron chi connectivity index (χ2n) is 6.44. The van der Waals surface area contributed by atoms with Crippen LogP contribution in [0.5, 0.6) is 0 Å². The molecule has 130 valence electrons. The van der Waals surface area contributed by atoms with Crippen LogP contribution in [0.1, 0.15) is 18.7 Å². The van der Waals surface area contributed by atoms with Crippen molar-refractivity contribution in [2.24, 2.45) is 0 Å². The summed E-state index contributed by atoms with van der Waals surface area (Å²) in [7, 11) is 0. The van der Waals surface area contributed by atoms with Gasteiger partial charge in [-0.15, -0.1) is 11.3 Å². The molecule has 4 nitrogen and oxygen atoms in total. The Kier molecular flexibility index (Phi) is 4.68. The maximum absolute atomic E-state index is 5.00. The lowest BCUT2D eigenvalue weighted by Gasteiger charge is -2.35. The van der Waals surface area contributed by atoms with E-state index < -0.39 is 0 Å². The van der Waals surface area contributed by atoms with Gasteiger partial charge < -0.3 is 9.80 Å². The standard InChI is InChI=1S/C20H24N4S/c1-3-16-14-17-19(24-12-10-23(4-2)11-13-24)21-18(22-20(17)25-16)15-8-6-5-7-9-15/h5-9,14H,3-4,10-13H2,1-2H3. The molecule has 0 N–H and O–H groups in total. The molecular weight excluding hydrogens is 328 g/mol. The minimum absolute atomic E-state index is 0.838. The Morgan fingerprint density at radius 2 is 1.76 bits per heavy atom. The maximum Gasteiger partial charge on any atom is 0.163 e. The second-order valence-corrected chi connectivity index (χ2v) is 7.56. The van der Waals surface area contributed by atoms with Gasteiger partial charge in [-0.2, -0.15) is 0 Å². The van der Waals surface area contributed by atoms with Crippen LogP contribution in [0.15, 0.2) is 36.4 Å². The summed E-state index contributed by atoms with van der Waals surface area (Å²) in [6, 6.07) is 12.6. The molecule has 1 aromatic carbocycles. The van der Waals surface area contributed by atoms with E-state index in [4.69, 9.17) is 9.97 Å². The lowest BCUT2D eigenvalue weighted by atomic mass is 10.2. The average molecular weight is 353 g/mol. The minimum atomic E-state index is 0.838. The Balaban J connectivity index is 1.79. The summed E-state index contributed by atoms with van der Waals surface area (Å²) in [5.41, 5.74) is 1.09. The highest BCUT2D eigenvalue weighted by Crippen LogP contribution is 2.33. The lowest BCUT2D eigenvalue weighted by Crippen LogP contribution is -2.46. The van der Waals surface area contributed by atoms with E-state index in [1.165, 1.54) is 10.3 Å². The molecule has 0 aliphatic carbocycles. The fraction of sp³-hybridized carbons (Fsp3) is 0.400. The van der Waals surface area contributed by atoms with Gasteiger partial charge in [-0.3, -0.25) is 0 Å². The number of nitrogens with zero attached hydrogens (tertiary/aromatic N) is 4. The number of benzene rings is 1. The summed E-state index contributed by atoms with van der Waals surface area (Å²) in [6.45, 7) is 9.84. The Morgan fingerprint density at radius 3 is 2.44 bits per heavy atom. The Morgan fingerprint density at radius 1 is 1.00 bits per heavy atom. The summed E-state index contributed by atoms with van der Waals surface area (Å²) < 4.78 is 0. The lowest BCUT2D eigenvalue weighted by molar-refractivity contribution is 0.271. The molecule has 0 bridgehead atoms. The number of hydrogen-bond donors (Lipinski definition) is 0. The van der Waals surface area contributed by atoms with Gasteiger partial charge in [0.25, 0.3) is 0 Å². The Labute approximate surface area is 153 Å². The summed E-state index contributed by atoms with van der Waals surface area (Å²) >= 11 is 1.80. The highest BCUT2D eigenvalue weighted by Gasteiger charge is 2.21. The van der Waals surface area contributed by atoms with Crippen LogP contribution >= 0.6 is 11.3 Å². The van der Waals surface area contributed by atoms with Crippen LogP contribution in [-0.4, -0.2) is 47.6 Å². The van der Waals surface area contributed by atoms with Crippen LogP contribution in [0, 0.1) is 0 Å². The van der Waals surface area contributed by atoms with Crippen LogP contribution in [0.4, 0.5) is 5.82 Å². The number of piperazine rings is 1. The molecular formula is C20H24N4S. The summed E-state index contributed by atoms with van der Waals surface area (Å²) in [4.78, 5) is 17.3. The fourth-order valence-electron chi connectivity index (χ4n) is 3.36. The van der Waals surface area contributed by atoms with Gasteiger partial charge in [0.15, 0.2) is 5.82 Å². The average Bonchev–Trinajstić information content (AvgIpc) is 3.11. The van der Waals surface area contributed by atoms with Crippen molar-refractivity contribution in [3.8, 4) is 11.4 Å². The normalized spacial score (nSPS) is 15.8. The molecule has 0 amide bonds. The number of thiophene rings is 1. The van der Waals surface area contributed by atoms with E-state index in [9.17, 15) is 0 Å². The molecule has 0 atom stereocenters. The van der Waals surface area contributed by atoms with E-state index in [0.29, 0.717) is 0 Å². The zero-order chi connectivity index (χ0) is 17.2. The van der Waals surface area contributed by atoms with E-state index in [1.54, 1.807) is 11.3 Å². The first-order valence-electron chi connectivity index (χ1n) is 9.11. The van der Waals surface area contributed by atoms with Gasteiger partial charge >= 0.3 is 0 Å². The van der Waals surface area contributed by atoms with Crippen molar-refractivity contribution in [2.45, 2.75) is 20.3 Å². The highest BCUT2D eigenvalue weighted by atomic mass is 32.1. The molecule has 3 heterocycles. The Bertz CT molecular complexity index is 851. The molecule has 1 aliphatic rings. The van der Waals surface area contributed by atoms with Crippen molar-refractivity contribution in [1.82, 2.24) is 14.9 Å². The molecule has 4 rings (SSSR count). The SMILES string of the molecule is CCc1cc2c(N3CCN(CC)CC3)nc(-c3ccccc3)nc2s1. The van der Waals surface area contributed by atoms with Crippen molar-refractivity contribution in [3.63, 3.8) is 0 Å². The van der Waals surface area contributed by atoms with Gasteiger partial charge in [0.05, 0.1) is 5.39 Å². The van der Waals surface area contributed by atoms with Crippen LogP contribution < -0.4 is 4.90 Å². The monoisotopic (exact) mass is 352 g/mol. The van der Waals surface area contributed by atoms with Gasteiger partial charge in [0.2, 0.25) is 0 Å². The van der Waals surface area contributed by atoms with E-state index in [2.05, 4.69) is 54.0 Å². The molecule has 3 aromatic rings. The van der Waals surface area contributed by atoms with Crippen molar-refractivity contribution in [1.29, 1.82) is 0 Å². The van der Waals surface area contributed by atoms with E-state index in [-0.39, 0.29) is 0 Å². The molecule has 0 radical (unpaired) electrons. The van der Waals surface area contributed by atoms with Crippen LogP contribution in [0.3, 0.4) is 0 Å². The van der Waals surface area contributed by atoms with Crippen LogP contribution in [0.2, 0.25) is 0 Å². The zero-order valence-electron chi connectivity index (χ0n) is 14.9. The first-order chi connectivity index (χ1) is 12.3. The molecule has 2 aromatic heterocycles. The summed E-state index contributed by atoms with van der Waals surface area (Å²) in [5, 5.41) is 1.21. The molecule has 0 unspecified atom stereocenters. The number of rotatable bonds is 4. The quantitative estimate of drug-likeness (QED) is 0.709. The third-order valence-corrected chi connectivity index (χ3v) is 6.10. The predicted molar refractivity (Wildman–Crippen MR) is 107 cm³/mol. The molecule has 5 heteroatoms. The summed E-state index contributed by atoms with van der Waals surface area (Å²) in [5.74, 6) is 1.95. The molecule has 1 aliphatic heterocycles. The van der Waals surface area contributed by atoms with Crippen molar-refractivity contribution in [3.05, 3.63) is 41.3 Å². The van der Waals surface area contributed by atoms with Gasteiger partial charge in [0, 0.05) is 36.6 Å². The first kappa shape index (κ1) is 16.5. The fourth-order valence-corrected chi connectivity index (χ4v) is 4.33. The van der Waals surface area contributed by atoms with Crippen molar-refractivity contribution < 1.29 is 0 Å². The largest absolute Gasteiger partial charge is 0.353 e. The molecule has 25 heavy (non-hydrogen) atoms. The second kappa shape index (κ2) is 7.10. The number of anilines is 1. The van der Waals surface area contributed by atoms with Gasteiger partial charge in [-0.05, 0) is 19.0 Å². The van der Waals surface area contributed by atoms with E-state index in [0.717, 1.165) is 61.2 Å². The number of hydrogen-bond acceptors (Lipinski definition) is 5. The van der Waals surface area contributed by atoms with Crippen LogP contribution in [-0.2, 0) is 6.42 Å². The third-order valence-electron chi connectivity index (χ3n) is 4.92. The Hall–Kier alpha value is -1.98. The molecule has 0 spiro atoms. The number of aryl methyl sites for hydroxylation is 1. The third kappa shape index (κ3) is 3.26. The van der Waals surface area contributed by atoms with Crippen molar-refractivity contribution in [2.75, 3.05) is 37.6 Å². The number of aromatic nitrogens is 2. The predicted octanol–water partition coefficient (Wildman–Crippen LogP) is 4.06. The topological polar surface area (TPSA) is 32.3 Å². The highest BCUT2D eigenvalue weighted by molar-refractivity contribution is 7.18. The maximum atomic E-state index is 5.00. The molecule has 1 fully saturated rings. The number of likely N-dealkylation sites (N-methyl/N-ethyl adjacent to an activating group) is 1. The van der Waals surface area contributed by atoms with Gasteiger partial charge in [0.1, 0.15) is 10.6 Å². The van der Waals surface area contributed by atoms with E-state index >= 15 is 0 Å².